The second-order valence-electron chi connectivity index (χ2n) is 9.97. The fourth-order valence-electron chi connectivity index (χ4n) is 5.76. The molecule has 0 saturated carbocycles. The third kappa shape index (κ3) is 3.66. The van der Waals surface area contributed by atoms with Crippen LogP contribution in [-0.2, 0) is 0 Å². The molecule has 6 aromatic carbocycles. The molecule has 1 atom stereocenters. The zero-order chi connectivity index (χ0) is 25.8. The Balaban J connectivity index is 1.27. The Hall–Kier alpha value is -4.73. The molecule has 39 heavy (non-hydrogen) atoms. The first-order chi connectivity index (χ1) is 19.3. The Labute approximate surface area is 230 Å². The number of amidine groups is 1. The second kappa shape index (κ2) is 8.93. The van der Waals surface area contributed by atoms with Gasteiger partial charge >= 0.3 is 0 Å². The molecule has 2 heterocycles. The SMILES string of the molecule is c1ccc(C2[N-]C(c3cccc(-c4cccc5c4sc4c6ccccc6ccc54)c3)=Nc3ccccc32)cc1. The van der Waals surface area contributed by atoms with E-state index in [1.165, 1.54) is 47.6 Å². The van der Waals surface area contributed by atoms with E-state index in [2.05, 4.69) is 127 Å². The van der Waals surface area contributed by atoms with E-state index in [9.17, 15) is 0 Å². The average Bonchev–Trinajstić information content (AvgIpc) is 3.40. The summed E-state index contributed by atoms with van der Waals surface area (Å²) in [5.74, 6) is 0.777. The number of benzene rings is 6. The molecule has 0 saturated heterocycles. The summed E-state index contributed by atoms with van der Waals surface area (Å²) in [5, 5.41) is 10.4. The lowest BCUT2D eigenvalue weighted by atomic mass is 9.94. The van der Waals surface area contributed by atoms with Crippen LogP contribution in [0.3, 0.4) is 0 Å². The number of para-hydroxylation sites is 1. The highest BCUT2D eigenvalue weighted by atomic mass is 32.1. The monoisotopic (exact) mass is 515 g/mol. The van der Waals surface area contributed by atoms with Crippen molar-refractivity contribution in [1.29, 1.82) is 0 Å². The highest BCUT2D eigenvalue weighted by Gasteiger charge is 2.18. The van der Waals surface area contributed by atoms with Crippen molar-refractivity contribution in [2.45, 2.75) is 6.04 Å². The van der Waals surface area contributed by atoms with Gasteiger partial charge in [0.2, 0.25) is 0 Å². The predicted molar refractivity (Wildman–Crippen MR) is 167 cm³/mol. The van der Waals surface area contributed by atoms with Crippen LogP contribution >= 0.6 is 11.3 Å². The lowest BCUT2D eigenvalue weighted by Crippen LogP contribution is -2.12. The summed E-state index contributed by atoms with van der Waals surface area (Å²) in [6.07, 6.45) is 0. The van der Waals surface area contributed by atoms with E-state index in [4.69, 9.17) is 10.3 Å². The number of hydrogen-bond donors (Lipinski definition) is 0. The van der Waals surface area contributed by atoms with Crippen molar-refractivity contribution in [3.8, 4) is 11.1 Å². The molecule has 0 spiro atoms. The van der Waals surface area contributed by atoms with Crippen LogP contribution in [0.25, 0.3) is 47.4 Å². The maximum Gasteiger partial charge on any atom is 0.0434 e. The minimum atomic E-state index is -0.0714. The molecule has 1 aliphatic rings. The summed E-state index contributed by atoms with van der Waals surface area (Å²) in [6, 6.07) is 47.3. The van der Waals surface area contributed by atoms with Crippen LogP contribution in [0.1, 0.15) is 22.7 Å². The van der Waals surface area contributed by atoms with Crippen molar-refractivity contribution >= 4 is 53.8 Å². The Morgan fingerprint density at radius 1 is 0.564 bits per heavy atom. The Kier molecular flexibility index (Phi) is 5.10. The van der Waals surface area contributed by atoms with Gasteiger partial charge in [-0.15, -0.1) is 11.3 Å². The number of aliphatic imine (C=N–C) groups is 1. The number of rotatable bonds is 3. The molecule has 0 bridgehead atoms. The molecule has 0 amide bonds. The van der Waals surface area contributed by atoms with Gasteiger partial charge in [0.05, 0.1) is 0 Å². The minimum Gasteiger partial charge on any atom is -0.453 e. The van der Waals surface area contributed by atoms with Crippen molar-refractivity contribution in [3.05, 3.63) is 155 Å². The maximum absolute atomic E-state index is 5.18. The van der Waals surface area contributed by atoms with Crippen LogP contribution in [0.15, 0.2) is 138 Å². The molecule has 2 nitrogen and oxygen atoms in total. The van der Waals surface area contributed by atoms with Gasteiger partial charge in [0.1, 0.15) is 0 Å². The van der Waals surface area contributed by atoms with E-state index in [-0.39, 0.29) is 6.04 Å². The van der Waals surface area contributed by atoms with Gasteiger partial charge in [-0.1, -0.05) is 133 Å². The van der Waals surface area contributed by atoms with Crippen molar-refractivity contribution < 1.29 is 0 Å². The van der Waals surface area contributed by atoms with Gasteiger partial charge in [0.25, 0.3) is 0 Å². The van der Waals surface area contributed by atoms with Gasteiger partial charge in [0.15, 0.2) is 0 Å². The van der Waals surface area contributed by atoms with E-state index in [0.717, 1.165) is 22.6 Å². The summed E-state index contributed by atoms with van der Waals surface area (Å²) in [4.78, 5) is 5.01. The molecule has 3 heteroatoms. The average molecular weight is 516 g/mol. The normalized spacial score (nSPS) is 14.8. The topological polar surface area (TPSA) is 26.5 Å². The van der Waals surface area contributed by atoms with Crippen molar-refractivity contribution in [2.75, 3.05) is 0 Å². The van der Waals surface area contributed by atoms with E-state index >= 15 is 0 Å². The third-order valence-corrected chi connectivity index (χ3v) is 8.93. The first kappa shape index (κ1) is 22.3. The zero-order valence-corrected chi connectivity index (χ0v) is 21.9. The van der Waals surface area contributed by atoms with Crippen LogP contribution in [0.5, 0.6) is 0 Å². The fraction of sp³-hybridized carbons (Fsp3) is 0.0278. The molecular weight excluding hydrogens is 492 g/mol. The molecule has 0 N–H and O–H groups in total. The molecule has 7 aromatic rings. The van der Waals surface area contributed by atoms with Crippen LogP contribution in [0.4, 0.5) is 5.69 Å². The quantitative estimate of drug-likeness (QED) is 0.224. The molecule has 0 fully saturated rings. The summed E-state index contributed by atoms with van der Waals surface area (Å²) in [6.45, 7) is 0. The Morgan fingerprint density at radius 3 is 2.26 bits per heavy atom. The smallest absolute Gasteiger partial charge is 0.0434 e. The van der Waals surface area contributed by atoms with Crippen LogP contribution < -0.4 is 0 Å². The molecule has 8 rings (SSSR count). The zero-order valence-electron chi connectivity index (χ0n) is 21.1. The van der Waals surface area contributed by atoms with E-state index in [1.54, 1.807) is 0 Å². The largest absolute Gasteiger partial charge is 0.453 e. The fourth-order valence-corrected chi connectivity index (χ4v) is 7.13. The van der Waals surface area contributed by atoms with Gasteiger partial charge in [-0.3, -0.25) is 0 Å². The molecule has 1 aromatic heterocycles. The second-order valence-corrected chi connectivity index (χ2v) is 11.0. The lowest BCUT2D eigenvalue weighted by Gasteiger charge is -2.36. The minimum absolute atomic E-state index is 0.0714. The number of thiophene rings is 1. The molecule has 0 aliphatic carbocycles. The Bertz CT molecular complexity index is 2050. The van der Waals surface area contributed by atoms with Gasteiger partial charge in [-0.2, -0.15) is 0 Å². The summed E-state index contributed by atoms with van der Waals surface area (Å²) < 4.78 is 2.66. The van der Waals surface area contributed by atoms with E-state index in [0.29, 0.717) is 0 Å². The van der Waals surface area contributed by atoms with Crippen LogP contribution in [0, 0.1) is 0 Å². The van der Waals surface area contributed by atoms with Crippen molar-refractivity contribution in [2.24, 2.45) is 4.99 Å². The summed E-state index contributed by atoms with van der Waals surface area (Å²) >= 11 is 1.89. The lowest BCUT2D eigenvalue weighted by molar-refractivity contribution is 0.982. The van der Waals surface area contributed by atoms with Gasteiger partial charge < -0.3 is 10.3 Å². The number of fused-ring (bicyclic) bond motifs is 6. The maximum atomic E-state index is 5.18. The molecule has 1 aliphatic heterocycles. The molecule has 0 radical (unpaired) electrons. The van der Waals surface area contributed by atoms with Crippen LogP contribution in [-0.4, -0.2) is 5.84 Å². The first-order valence-electron chi connectivity index (χ1n) is 13.2. The van der Waals surface area contributed by atoms with E-state index in [1.807, 2.05) is 17.4 Å². The molecular formula is C36H23N2S-. The van der Waals surface area contributed by atoms with Gasteiger partial charge in [0, 0.05) is 26.2 Å². The van der Waals surface area contributed by atoms with Gasteiger partial charge in [-0.05, 0) is 50.3 Å². The van der Waals surface area contributed by atoms with Crippen LogP contribution in [0.2, 0.25) is 0 Å². The molecule has 184 valence electrons. The van der Waals surface area contributed by atoms with Gasteiger partial charge in [-0.25, -0.2) is 0 Å². The first-order valence-corrected chi connectivity index (χ1v) is 14.0. The van der Waals surface area contributed by atoms with Crippen molar-refractivity contribution in [1.82, 2.24) is 0 Å². The third-order valence-electron chi connectivity index (χ3n) is 7.65. The molecule has 1 unspecified atom stereocenters. The number of nitrogens with zero attached hydrogens (tertiary/aromatic N) is 2. The highest BCUT2D eigenvalue weighted by Crippen LogP contribution is 2.44. The standard InChI is InChI=1S/C36H23N2S/c1-2-11-24(12-3-1)33-31-16-6-7-19-32(31)37-36(38-33)26-14-8-13-25(22-26)28-17-9-18-29-30-21-20-23-10-4-5-15-27(23)34(30)39-35(28)29/h1-22,33H/q-1. The van der Waals surface area contributed by atoms with E-state index < -0.39 is 0 Å². The summed E-state index contributed by atoms with van der Waals surface area (Å²) in [5.41, 5.74) is 6.77. The van der Waals surface area contributed by atoms with Crippen molar-refractivity contribution in [3.63, 3.8) is 0 Å². The number of hydrogen-bond acceptors (Lipinski definition) is 2. The Morgan fingerprint density at radius 2 is 1.31 bits per heavy atom. The summed E-state index contributed by atoms with van der Waals surface area (Å²) in [7, 11) is 0. The highest BCUT2D eigenvalue weighted by molar-refractivity contribution is 7.27. The predicted octanol–water partition coefficient (Wildman–Crippen LogP) is 10.4.